The van der Waals surface area contributed by atoms with Crippen LogP contribution in [0.2, 0.25) is 0 Å². The molecule has 0 spiro atoms. The number of nitrogens with one attached hydrogen (secondary N) is 1. The maximum Gasteiger partial charge on any atom is 0.0892 e. The first-order valence-corrected chi connectivity index (χ1v) is 7.94. The van der Waals surface area contributed by atoms with Gasteiger partial charge in [0.1, 0.15) is 0 Å². The lowest BCUT2D eigenvalue weighted by atomic mass is 10.2. The van der Waals surface area contributed by atoms with Crippen molar-refractivity contribution in [3.63, 3.8) is 0 Å². The van der Waals surface area contributed by atoms with E-state index in [1.807, 2.05) is 36.4 Å². The molecule has 0 fully saturated rings. The van der Waals surface area contributed by atoms with E-state index in [0.29, 0.717) is 19.3 Å². The molecule has 4 heteroatoms. The van der Waals surface area contributed by atoms with Gasteiger partial charge < -0.3 is 10.1 Å². The quantitative estimate of drug-likeness (QED) is 0.819. The molecule has 0 aliphatic heterocycles. The molecule has 2 rings (SSSR count). The smallest absolute Gasteiger partial charge is 0.0892 e. The third-order valence-corrected chi connectivity index (χ3v) is 3.79. The van der Waals surface area contributed by atoms with Gasteiger partial charge in [-0.1, -0.05) is 54.0 Å². The standard InChI is InChI=1S/C17H21BrN2O/c1-13(2)19-10-15-7-5-8-16(20-15)12-21-11-14-6-3-4-9-17(14)18/h3-9,13,19H,10-12H2,1-2H3. The second kappa shape index (κ2) is 8.27. The Labute approximate surface area is 134 Å². The number of nitrogens with zero attached hydrogens (tertiary/aromatic N) is 1. The van der Waals surface area contributed by atoms with Crippen molar-refractivity contribution in [1.82, 2.24) is 10.3 Å². The largest absolute Gasteiger partial charge is 0.370 e. The lowest BCUT2D eigenvalue weighted by Crippen LogP contribution is -2.22. The van der Waals surface area contributed by atoms with Crippen LogP contribution < -0.4 is 5.32 Å². The average Bonchev–Trinajstić information content (AvgIpc) is 2.48. The zero-order valence-corrected chi connectivity index (χ0v) is 14.1. The molecular formula is C17H21BrN2O. The van der Waals surface area contributed by atoms with E-state index >= 15 is 0 Å². The average molecular weight is 349 g/mol. The first-order valence-electron chi connectivity index (χ1n) is 7.14. The van der Waals surface area contributed by atoms with Crippen molar-refractivity contribution < 1.29 is 4.74 Å². The summed E-state index contributed by atoms with van der Waals surface area (Å²) in [7, 11) is 0. The SMILES string of the molecule is CC(C)NCc1cccc(COCc2ccccc2Br)n1. The van der Waals surface area contributed by atoms with Crippen LogP contribution in [0.5, 0.6) is 0 Å². The van der Waals surface area contributed by atoms with Gasteiger partial charge in [-0.3, -0.25) is 4.98 Å². The van der Waals surface area contributed by atoms with E-state index in [1.54, 1.807) is 0 Å². The fraction of sp³-hybridized carbons (Fsp3) is 0.353. The Morgan fingerprint density at radius 3 is 2.57 bits per heavy atom. The number of benzene rings is 1. The molecule has 2 aromatic rings. The van der Waals surface area contributed by atoms with E-state index < -0.39 is 0 Å². The summed E-state index contributed by atoms with van der Waals surface area (Å²) in [4.78, 5) is 4.60. The second-order valence-corrected chi connectivity index (χ2v) is 6.09. The van der Waals surface area contributed by atoms with E-state index in [1.165, 1.54) is 0 Å². The Hall–Kier alpha value is -1.23. The Morgan fingerprint density at radius 1 is 1.05 bits per heavy atom. The summed E-state index contributed by atoms with van der Waals surface area (Å²) in [6.07, 6.45) is 0. The molecule has 0 bridgehead atoms. The third-order valence-electron chi connectivity index (χ3n) is 3.02. The molecule has 3 nitrogen and oxygen atoms in total. The number of pyridine rings is 1. The minimum atomic E-state index is 0.460. The van der Waals surface area contributed by atoms with Gasteiger partial charge in [0.15, 0.2) is 0 Å². The van der Waals surface area contributed by atoms with Crippen molar-refractivity contribution in [1.29, 1.82) is 0 Å². The predicted molar refractivity (Wildman–Crippen MR) is 88.8 cm³/mol. The van der Waals surface area contributed by atoms with Crippen LogP contribution in [0.25, 0.3) is 0 Å². The van der Waals surface area contributed by atoms with Crippen molar-refractivity contribution in [3.8, 4) is 0 Å². The molecule has 1 N–H and O–H groups in total. The van der Waals surface area contributed by atoms with Gasteiger partial charge in [-0.05, 0) is 23.8 Å². The van der Waals surface area contributed by atoms with Crippen molar-refractivity contribution in [2.75, 3.05) is 0 Å². The zero-order chi connectivity index (χ0) is 15.1. The molecule has 0 amide bonds. The minimum absolute atomic E-state index is 0.460. The fourth-order valence-corrected chi connectivity index (χ4v) is 2.30. The predicted octanol–water partition coefficient (Wildman–Crippen LogP) is 4.06. The number of aromatic nitrogens is 1. The van der Waals surface area contributed by atoms with Crippen LogP contribution in [0.15, 0.2) is 46.9 Å². The summed E-state index contributed by atoms with van der Waals surface area (Å²) in [5.74, 6) is 0. The Balaban J connectivity index is 1.86. The van der Waals surface area contributed by atoms with Crippen LogP contribution in [0.3, 0.4) is 0 Å². The molecule has 112 valence electrons. The van der Waals surface area contributed by atoms with Gasteiger partial charge >= 0.3 is 0 Å². The number of ether oxygens (including phenoxy) is 1. The van der Waals surface area contributed by atoms with Crippen molar-refractivity contribution in [3.05, 3.63) is 63.9 Å². The summed E-state index contributed by atoms with van der Waals surface area (Å²) >= 11 is 3.52. The molecule has 1 aromatic carbocycles. The molecular weight excluding hydrogens is 328 g/mol. The lowest BCUT2D eigenvalue weighted by Gasteiger charge is -2.09. The van der Waals surface area contributed by atoms with E-state index in [-0.39, 0.29) is 0 Å². The number of rotatable bonds is 7. The highest BCUT2D eigenvalue weighted by Gasteiger charge is 2.02. The zero-order valence-electron chi connectivity index (χ0n) is 12.5. The van der Waals surface area contributed by atoms with Gasteiger partial charge in [-0.2, -0.15) is 0 Å². The molecule has 1 aromatic heterocycles. The highest BCUT2D eigenvalue weighted by atomic mass is 79.9. The van der Waals surface area contributed by atoms with E-state index in [9.17, 15) is 0 Å². The second-order valence-electron chi connectivity index (χ2n) is 5.24. The molecule has 0 saturated heterocycles. The minimum Gasteiger partial charge on any atom is -0.370 e. The topological polar surface area (TPSA) is 34.1 Å². The molecule has 0 saturated carbocycles. The monoisotopic (exact) mass is 348 g/mol. The number of hydrogen-bond acceptors (Lipinski definition) is 3. The van der Waals surface area contributed by atoms with Gasteiger partial charge in [-0.25, -0.2) is 0 Å². The molecule has 0 unspecified atom stereocenters. The normalized spacial score (nSPS) is 11.0. The maximum absolute atomic E-state index is 5.75. The fourth-order valence-electron chi connectivity index (χ4n) is 1.90. The molecule has 0 radical (unpaired) electrons. The van der Waals surface area contributed by atoms with Crippen molar-refractivity contribution in [2.24, 2.45) is 0 Å². The van der Waals surface area contributed by atoms with Crippen molar-refractivity contribution >= 4 is 15.9 Å². The van der Waals surface area contributed by atoms with Crippen molar-refractivity contribution in [2.45, 2.75) is 39.6 Å². The summed E-state index contributed by atoms with van der Waals surface area (Å²) in [6.45, 7) is 6.15. The van der Waals surface area contributed by atoms with Gasteiger partial charge in [-0.15, -0.1) is 0 Å². The molecule has 1 heterocycles. The third kappa shape index (κ3) is 5.58. The molecule has 0 atom stereocenters. The van der Waals surface area contributed by atoms with Gasteiger partial charge in [0.2, 0.25) is 0 Å². The lowest BCUT2D eigenvalue weighted by molar-refractivity contribution is 0.104. The Morgan fingerprint density at radius 2 is 1.81 bits per heavy atom. The highest BCUT2D eigenvalue weighted by Crippen LogP contribution is 2.17. The van der Waals surface area contributed by atoms with E-state index in [2.05, 4.69) is 46.1 Å². The first kappa shape index (κ1) is 16.1. The maximum atomic E-state index is 5.75. The summed E-state index contributed by atoms with van der Waals surface area (Å²) < 4.78 is 6.83. The van der Waals surface area contributed by atoms with Crippen LogP contribution in [0, 0.1) is 0 Å². The summed E-state index contributed by atoms with van der Waals surface area (Å²) in [5.41, 5.74) is 3.16. The molecule has 21 heavy (non-hydrogen) atoms. The van der Waals surface area contributed by atoms with Crippen LogP contribution >= 0.6 is 15.9 Å². The van der Waals surface area contributed by atoms with Gasteiger partial charge in [0, 0.05) is 17.1 Å². The Kier molecular flexibility index (Phi) is 6.36. The van der Waals surface area contributed by atoms with Gasteiger partial charge in [0.25, 0.3) is 0 Å². The number of hydrogen-bond donors (Lipinski definition) is 1. The van der Waals surface area contributed by atoms with E-state index in [4.69, 9.17) is 4.74 Å². The summed E-state index contributed by atoms with van der Waals surface area (Å²) in [5, 5.41) is 3.37. The Bertz CT molecular complexity index is 572. The van der Waals surface area contributed by atoms with Crippen LogP contribution in [0.4, 0.5) is 0 Å². The highest BCUT2D eigenvalue weighted by molar-refractivity contribution is 9.10. The van der Waals surface area contributed by atoms with Gasteiger partial charge in [0.05, 0.1) is 24.6 Å². The van der Waals surface area contributed by atoms with Crippen LogP contribution in [-0.4, -0.2) is 11.0 Å². The van der Waals surface area contributed by atoms with Crippen LogP contribution in [0.1, 0.15) is 30.8 Å². The first-order chi connectivity index (χ1) is 10.1. The molecule has 0 aliphatic carbocycles. The molecule has 0 aliphatic rings. The number of halogens is 1. The van der Waals surface area contributed by atoms with E-state index in [0.717, 1.165) is 28.0 Å². The van der Waals surface area contributed by atoms with Crippen LogP contribution in [-0.2, 0) is 24.5 Å². The summed E-state index contributed by atoms with van der Waals surface area (Å²) in [6, 6.07) is 14.6.